The molecule has 1 aliphatic heterocycles. The van der Waals surface area contributed by atoms with Crippen molar-refractivity contribution in [2.45, 2.75) is 25.9 Å². The Morgan fingerprint density at radius 1 is 1.09 bits per heavy atom. The van der Waals surface area contributed by atoms with Crippen LogP contribution in [0.5, 0.6) is 0 Å². The third kappa shape index (κ3) is 5.60. The van der Waals surface area contributed by atoms with E-state index < -0.39 is 41.7 Å². The molecule has 1 amide bonds. The molecule has 3 heterocycles. The van der Waals surface area contributed by atoms with E-state index in [0.717, 1.165) is 25.2 Å². The van der Waals surface area contributed by atoms with Crippen molar-refractivity contribution in [3.63, 3.8) is 0 Å². The van der Waals surface area contributed by atoms with Gasteiger partial charge in [0.25, 0.3) is 18.8 Å². The minimum atomic E-state index is -3.12. The predicted octanol–water partition coefficient (Wildman–Crippen LogP) is 5.14. The van der Waals surface area contributed by atoms with Gasteiger partial charge in [-0.15, -0.1) is 0 Å². The molecule has 7 nitrogen and oxygen atoms in total. The Morgan fingerprint density at radius 2 is 1.85 bits per heavy atom. The topological polar surface area (TPSA) is 72.5 Å². The van der Waals surface area contributed by atoms with Gasteiger partial charge in [-0.05, 0) is 29.8 Å². The molecule has 2 aromatic heterocycles. The molecule has 1 N–H and O–H groups in total. The Hall–Kier alpha value is -2.89. The van der Waals surface area contributed by atoms with E-state index in [4.69, 9.17) is 20.8 Å². The number of halogens is 5. The summed E-state index contributed by atoms with van der Waals surface area (Å²) in [4.78, 5) is 14.9. The molecule has 182 valence electrons. The van der Waals surface area contributed by atoms with Gasteiger partial charge in [0.1, 0.15) is 17.1 Å². The first-order chi connectivity index (χ1) is 16.3. The number of hydrogen-bond acceptors (Lipinski definition) is 5. The van der Waals surface area contributed by atoms with Gasteiger partial charge in [-0.2, -0.15) is 5.10 Å². The van der Waals surface area contributed by atoms with Crippen molar-refractivity contribution < 1.29 is 31.5 Å². The monoisotopic (exact) mass is 500 g/mol. The largest absolute Gasteiger partial charge is 0.454 e. The number of anilines is 1. The lowest BCUT2D eigenvalue weighted by Gasteiger charge is -2.26. The molecule has 0 bridgehead atoms. The average molecular weight is 501 g/mol. The molecule has 3 aromatic rings. The fourth-order valence-corrected chi connectivity index (χ4v) is 3.93. The van der Waals surface area contributed by atoms with Crippen LogP contribution in [0.25, 0.3) is 0 Å². The molecule has 0 aliphatic carbocycles. The van der Waals surface area contributed by atoms with E-state index in [9.17, 15) is 22.4 Å². The minimum Gasteiger partial charge on any atom is -0.454 e. The number of morpholine rings is 1. The smallest absolute Gasteiger partial charge is 0.291 e. The Bertz CT molecular complexity index is 1150. The fourth-order valence-electron chi connectivity index (χ4n) is 3.63. The van der Waals surface area contributed by atoms with E-state index in [1.165, 1.54) is 12.1 Å². The van der Waals surface area contributed by atoms with Crippen LogP contribution < -0.4 is 5.32 Å². The molecule has 1 aromatic carbocycles. The molecule has 1 fully saturated rings. The van der Waals surface area contributed by atoms with Gasteiger partial charge in [0.2, 0.25) is 0 Å². The number of amides is 1. The molecule has 0 saturated carbocycles. The molecule has 1 saturated heterocycles. The number of aromatic nitrogens is 2. The molecule has 0 atom stereocenters. The number of ether oxygens (including phenoxy) is 1. The predicted molar refractivity (Wildman–Crippen MR) is 115 cm³/mol. The lowest BCUT2D eigenvalue weighted by Crippen LogP contribution is -2.35. The van der Waals surface area contributed by atoms with Crippen LogP contribution in [0.3, 0.4) is 0 Å². The van der Waals surface area contributed by atoms with Gasteiger partial charge in [0, 0.05) is 25.3 Å². The van der Waals surface area contributed by atoms with Gasteiger partial charge in [0.15, 0.2) is 5.76 Å². The molecule has 0 unspecified atom stereocenters. The molecule has 1 aliphatic rings. The molecule has 0 spiro atoms. The first-order valence-electron chi connectivity index (χ1n) is 10.4. The summed E-state index contributed by atoms with van der Waals surface area (Å²) in [6.45, 7) is 3.36. The zero-order valence-corrected chi connectivity index (χ0v) is 18.6. The quantitative estimate of drug-likeness (QED) is 0.434. The van der Waals surface area contributed by atoms with Gasteiger partial charge >= 0.3 is 0 Å². The van der Waals surface area contributed by atoms with Crippen molar-refractivity contribution in [1.82, 2.24) is 14.7 Å². The van der Waals surface area contributed by atoms with Crippen LogP contribution in [0.15, 0.2) is 40.8 Å². The second kappa shape index (κ2) is 10.6. The average Bonchev–Trinajstić information content (AvgIpc) is 3.39. The van der Waals surface area contributed by atoms with Gasteiger partial charge in [0.05, 0.1) is 24.8 Å². The van der Waals surface area contributed by atoms with Crippen LogP contribution >= 0.6 is 11.6 Å². The number of nitrogens with one attached hydrogen (secondary N) is 1. The highest BCUT2D eigenvalue weighted by molar-refractivity contribution is 6.32. The van der Waals surface area contributed by atoms with Crippen LogP contribution in [0.4, 0.5) is 23.2 Å². The summed E-state index contributed by atoms with van der Waals surface area (Å²) in [6.07, 6.45) is -6.22. The number of benzene rings is 1. The van der Waals surface area contributed by atoms with E-state index in [1.54, 1.807) is 6.07 Å². The highest BCUT2D eigenvalue weighted by Crippen LogP contribution is 2.35. The van der Waals surface area contributed by atoms with Crippen LogP contribution in [0.2, 0.25) is 5.02 Å². The van der Waals surface area contributed by atoms with E-state index >= 15 is 0 Å². The maximum Gasteiger partial charge on any atom is 0.291 e. The Balaban J connectivity index is 1.43. The zero-order valence-electron chi connectivity index (χ0n) is 17.8. The van der Waals surface area contributed by atoms with E-state index in [-0.39, 0.29) is 11.5 Å². The highest BCUT2D eigenvalue weighted by Gasteiger charge is 2.28. The Kier molecular flexibility index (Phi) is 7.54. The first kappa shape index (κ1) is 24.2. The normalized spacial score (nSPS) is 14.8. The number of hydrogen-bond donors (Lipinski definition) is 1. The van der Waals surface area contributed by atoms with Crippen LogP contribution in [0.1, 0.15) is 46.1 Å². The second-order valence-electron chi connectivity index (χ2n) is 7.65. The van der Waals surface area contributed by atoms with Crippen LogP contribution in [-0.4, -0.2) is 46.9 Å². The van der Waals surface area contributed by atoms with Gasteiger partial charge in [-0.1, -0.05) is 23.7 Å². The summed E-state index contributed by atoms with van der Waals surface area (Å²) in [7, 11) is 0. The highest BCUT2D eigenvalue weighted by atomic mass is 35.5. The van der Waals surface area contributed by atoms with Crippen LogP contribution in [-0.2, 0) is 17.8 Å². The number of alkyl halides is 4. The van der Waals surface area contributed by atoms with Crippen molar-refractivity contribution in [3.8, 4) is 0 Å². The molecule has 0 radical (unpaired) electrons. The number of furan rings is 1. The van der Waals surface area contributed by atoms with Crippen molar-refractivity contribution >= 4 is 23.2 Å². The second-order valence-corrected chi connectivity index (χ2v) is 8.03. The summed E-state index contributed by atoms with van der Waals surface area (Å²) < 4.78 is 64.1. The van der Waals surface area contributed by atoms with Gasteiger partial charge in [-0.3, -0.25) is 14.4 Å². The standard InChI is InChI=1S/C22H21ClF4N4O3/c23-17-18(20(24)25)29-31(19(17)21(26)27)12-15-4-5-16(34-15)22(32)28-14-3-1-2-13(10-14)11-30-6-8-33-9-7-30/h1-5,10,20-21H,6-9,11-12H2,(H,28,32). The van der Waals surface area contributed by atoms with Crippen molar-refractivity contribution in [2.75, 3.05) is 31.6 Å². The number of rotatable bonds is 8. The minimum absolute atomic E-state index is 0.0699. The maximum absolute atomic E-state index is 13.3. The van der Waals surface area contributed by atoms with E-state index in [1.807, 2.05) is 18.2 Å². The lowest BCUT2D eigenvalue weighted by atomic mass is 10.2. The van der Waals surface area contributed by atoms with Gasteiger partial charge < -0.3 is 14.5 Å². The number of nitrogens with zero attached hydrogens (tertiary/aromatic N) is 3. The zero-order chi connectivity index (χ0) is 24.2. The van der Waals surface area contributed by atoms with Gasteiger partial charge in [-0.25, -0.2) is 17.6 Å². The van der Waals surface area contributed by atoms with Crippen molar-refractivity contribution in [1.29, 1.82) is 0 Å². The summed E-state index contributed by atoms with van der Waals surface area (Å²) in [5.74, 6) is -0.539. The SMILES string of the molecule is O=C(Nc1cccc(CN2CCOCC2)c1)c1ccc(Cn2nc(C(F)F)c(Cl)c2C(F)F)o1. The molecule has 4 rings (SSSR count). The van der Waals surface area contributed by atoms with Crippen molar-refractivity contribution in [2.24, 2.45) is 0 Å². The Morgan fingerprint density at radius 3 is 2.56 bits per heavy atom. The summed E-state index contributed by atoms with van der Waals surface area (Å²) in [5, 5.41) is 5.43. The molecule has 34 heavy (non-hydrogen) atoms. The Labute approximate surface area is 197 Å². The molecular formula is C22H21ClF4N4O3. The molecule has 12 heteroatoms. The third-order valence-electron chi connectivity index (χ3n) is 5.26. The van der Waals surface area contributed by atoms with E-state index in [2.05, 4.69) is 15.3 Å². The number of carbonyl (C=O) groups excluding carboxylic acids is 1. The summed E-state index contributed by atoms with van der Waals surface area (Å²) >= 11 is 5.66. The first-order valence-corrected chi connectivity index (χ1v) is 10.8. The summed E-state index contributed by atoms with van der Waals surface area (Å²) in [5.41, 5.74) is -0.186. The third-order valence-corrected chi connectivity index (χ3v) is 5.64. The number of carbonyl (C=O) groups is 1. The maximum atomic E-state index is 13.3. The van der Waals surface area contributed by atoms with Crippen LogP contribution in [0, 0.1) is 0 Å². The van der Waals surface area contributed by atoms with Crippen molar-refractivity contribution in [3.05, 3.63) is 69.9 Å². The van der Waals surface area contributed by atoms with E-state index in [0.29, 0.717) is 23.6 Å². The fraction of sp³-hybridized carbons (Fsp3) is 0.364. The summed E-state index contributed by atoms with van der Waals surface area (Å²) in [6, 6.07) is 10.1. The lowest BCUT2D eigenvalue weighted by molar-refractivity contribution is 0.0342. The molecular weight excluding hydrogens is 480 g/mol.